The molecule has 0 aromatic rings. The van der Waals surface area contributed by atoms with Gasteiger partial charge in [0.25, 0.3) is 0 Å². The van der Waals surface area contributed by atoms with Crippen LogP contribution < -0.4 is 0 Å². The normalized spacial score (nSPS) is 16.3. The Kier molecular flexibility index (Phi) is 8.03. The van der Waals surface area contributed by atoms with Crippen LogP contribution in [-0.4, -0.2) is 59.9 Å². The molecule has 0 aliphatic heterocycles. The van der Waals surface area contributed by atoms with Gasteiger partial charge in [-0.05, 0) is 0 Å². The maximum atomic E-state index is 13.0. The molecule has 0 spiro atoms. The van der Waals surface area contributed by atoms with E-state index in [0.29, 0.717) is 0 Å². The van der Waals surface area contributed by atoms with Crippen molar-refractivity contribution in [3.63, 3.8) is 0 Å². The van der Waals surface area contributed by atoms with E-state index >= 15 is 0 Å². The summed E-state index contributed by atoms with van der Waals surface area (Å²) in [7, 11) is -8.14. The molecule has 0 aliphatic rings. The first kappa shape index (κ1) is 31.8. The van der Waals surface area contributed by atoms with Gasteiger partial charge in [-0.25, -0.2) is 8.42 Å². The Labute approximate surface area is 171 Å². The minimum atomic E-state index is -8.92. The van der Waals surface area contributed by atoms with E-state index in [2.05, 4.69) is 0 Å². The van der Waals surface area contributed by atoms with E-state index in [1.165, 1.54) is 0 Å². The number of hydrogen-bond donors (Lipinski definition) is 0. The standard InChI is InChI=1S/C8HF17O3S.Hf/c9-1(10,3(13,14)5(17,18)7(21,22)23)2(11,12)4(15,16)6(19,20)8(24,25)29(26,27)28;/h(H,26,27,28);/q;+4/p-1. The summed E-state index contributed by atoms with van der Waals surface area (Å²) >= 11 is 0. The van der Waals surface area contributed by atoms with Crippen molar-refractivity contribution in [2.45, 2.75) is 47.0 Å². The second kappa shape index (κ2) is 7.58. The van der Waals surface area contributed by atoms with E-state index < -0.39 is 57.1 Å². The van der Waals surface area contributed by atoms with Crippen LogP contribution in [0.1, 0.15) is 0 Å². The van der Waals surface area contributed by atoms with E-state index in [0.717, 1.165) is 0 Å². The zero-order valence-corrected chi connectivity index (χ0v) is 17.0. The fourth-order valence-corrected chi connectivity index (χ4v) is 1.75. The van der Waals surface area contributed by atoms with Crippen LogP contribution in [0.4, 0.5) is 74.6 Å². The van der Waals surface area contributed by atoms with Crippen LogP contribution in [0.3, 0.4) is 0 Å². The Morgan fingerprint density at radius 3 is 0.833 bits per heavy atom. The quantitative estimate of drug-likeness (QED) is 0.227. The molecule has 30 heavy (non-hydrogen) atoms. The van der Waals surface area contributed by atoms with Gasteiger partial charge < -0.3 is 4.55 Å². The minimum Gasteiger partial charge on any atom is -0.743 e. The van der Waals surface area contributed by atoms with E-state index in [1.54, 1.807) is 0 Å². The second-order valence-corrected chi connectivity index (χ2v) is 6.34. The Morgan fingerprint density at radius 2 is 0.633 bits per heavy atom. The van der Waals surface area contributed by atoms with E-state index in [9.17, 15) is 87.6 Å². The van der Waals surface area contributed by atoms with Crippen molar-refractivity contribution in [2.24, 2.45) is 0 Å². The molecule has 0 aromatic carbocycles. The van der Waals surface area contributed by atoms with Crippen LogP contribution in [0.25, 0.3) is 0 Å². The van der Waals surface area contributed by atoms with Gasteiger partial charge in [0, 0.05) is 0 Å². The Bertz CT molecular complexity index is 739. The summed E-state index contributed by atoms with van der Waals surface area (Å²) in [5.74, 6) is -52.1. The Balaban J connectivity index is 0. The van der Waals surface area contributed by atoms with E-state index in [-0.39, 0.29) is 25.8 Å². The first-order valence-electron chi connectivity index (χ1n) is 5.67. The third-order valence-corrected chi connectivity index (χ3v) is 3.89. The molecule has 0 N–H and O–H groups in total. The third kappa shape index (κ3) is 3.81. The van der Waals surface area contributed by atoms with E-state index in [1.807, 2.05) is 0 Å². The van der Waals surface area contributed by atoms with Gasteiger partial charge >= 0.3 is 72.8 Å². The summed E-state index contributed by atoms with van der Waals surface area (Å²) in [6.07, 6.45) is -7.89. The fraction of sp³-hybridized carbons (Fsp3) is 1.00. The van der Waals surface area contributed by atoms with Gasteiger partial charge in [0.1, 0.15) is 0 Å². The minimum absolute atomic E-state index is 0. The number of alkyl halides is 17. The molecule has 0 atom stereocenters. The van der Waals surface area contributed by atoms with Crippen molar-refractivity contribution < 1.29 is 113 Å². The molecule has 3 nitrogen and oxygen atoms in total. The summed E-state index contributed by atoms with van der Waals surface area (Å²) in [6.45, 7) is 0. The van der Waals surface area contributed by atoms with Gasteiger partial charge in [-0.1, -0.05) is 0 Å². The van der Waals surface area contributed by atoms with Crippen LogP contribution in [0.2, 0.25) is 0 Å². The van der Waals surface area contributed by atoms with Gasteiger partial charge in [-0.2, -0.15) is 74.6 Å². The van der Waals surface area contributed by atoms with Gasteiger partial charge in [0.05, 0.1) is 0 Å². The molecule has 0 saturated heterocycles. The maximum absolute atomic E-state index is 13.0. The Hall–Kier alpha value is -0.410. The molecular weight excluding hydrogens is 678 g/mol. The Morgan fingerprint density at radius 1 is 0.433 bits per heavy atom. The van der Waals surface area contributed by atoms with Gasteiger partial charge in [-0.3, -0.25) is 0 Å². The van der Waals surface area contributed by atoms with Crippen molar-refractivity contribution >= 4 is 10.1 Å². The van der Waals surface area contributed by atoms with Gasteiger partial charge in [0.2, 0.25) is 0 Å². The largest absolute Gasteiger partial charge is 4.00 e. The van der Waals surface area contributed by atoms with Crippen LogP contribution in [-0.2, 0) is 36.0 Å². The number of hydrogen-bond acceptors (Lipinski definition) is 3. The topological polar surface area (TPSA) is 57.2 Å². The van der Waals surface area contributed by atoms with Crippen molar-refractivity contribution in [3.05, 3.63) is 0 Å². The average Bonchev–Trinajstić information content (AvgIpc) is 2.43. The van der Waals surface area contributed by atoms with Crippen molar-refractivity contribution in [1.29, 1.82) is 0 Å². The summed E-state index contributed by atoms with van der Waals surface area (Å²) in [6, 6.07) is 0. The summed E-state index contributed by atoms with van der Waals surface area (Å²) in [5.41, 5.74) is 0. The predicted octanol–water partition coefficient (Wildman–Crippen LogP) is 4.50. The summed E-state index contributed by atoms with van der Waals surface area (Å²) < 4.78 is 244. The second-order valence-electron chi connectivity index (χ2n) is 4.92. The van der Waals surface area contributed by atoms with Crippen LogP contribution in [0.15, 0.2) is 0 Å². The van der Waals surface area contributed by atoms with Crippen molar-refractivity contribution in [3.8, 4) is 0 Å². The molecule has 0 rings (SSSR count). The zero-order valence-electron chi connectivity index (χ0n) is 12.6. The molecular formula is C8F17HfO3S+3. The molecule has 176 valence electrons. The molecule has 0 bridgehead atoms. The molecule has 22 heteroatoms. The summed E-state index contributed by atoms with van der Waals surface area (Å²) in [5, 5.41) is -7.95. The maximum Gasteiger partial charge on any atom is 4.00 e. The van der Waals surface area contributed by atoms with Crippen LogP contribution >= 0.6 is 0 Å². The average molecular weight is 678 g/mol. The summed E-state index contributed by atoms with van der Waals surface area (Å²) in [4.78, 5) is 0. The van der Waals surface area contributed by atoms with Crippen molar-refractivity contribution in [2.75, 3.05) is 0 Å². The molecule has 0 amide bonds. The molecule has 0 unspecified atom stereocenters. The SMILES string of the molecule is O=S(=O)([O-])C(F)(F)C(F)(F)C(F)(F)C(F)(F)C(F)(F)C(F)(F)C(F)(F)C(F)(F)F.[Hf+4]. The van der Waals surface area contributed by atoms with Crippen molar-refractivity contribution in [1.82, 2.24) is 0 Å². The predicted molar refractivity (Wildman–Crippen MR) is 50.4 cm³/mol. The van der Waals surface area contributed by atoms with Crippen LogP contribution in [0, 0.1) is 0 Å². The molecule has 0 fully saturated rings. The molecule has 0 aliphatic carbocycles. The molecule has 0 radical (unpaired) electrons. The molecule has 0 aromatic heterocycles. The smallest absolute Gasteiger partial charge is 0.743 e. The first-order chi connectivity index (χ1) is 12.0. The monoisotopic (exact) mass is 679 g/mol. The molecule has 0 saturated carbocycles. The van der Waals surface area contributed by atoms with Gasteiger partial charge in [0.15, 0.2) is 10.1 Å². The fourth-order valence-electron chi connectivity index (χ4n) is 1.31. The number of rotatable bonds is 7. The third-order valence-electron chi connectivity index (χ3n) is 3.01. The number of halogens is 17. The van der Waals surface area contributed by atoms with E-state index in [4.69, 9.17) is 0 Å². The van der Waals surface area contributed by atoms with Crippen LogP contribution in [0.5, 0.6) is 0 Å². The molecule has 0 heterocycles. The van der Waals surface area contributed by atoms with Gasteiger partial charge in [-0.15, -0.1) is 0 Å². The first-order valence-corrected chi connectivity index (χ1v) is 7.08. The zero-order chi connectivity index (χ0) is 24.5.